The molecule has 1 unspecified atom stereocenters. The standard InChI is InChI=1S/C20H20BrFN4O3/c1-11(26(19(28)29)20(2,3)4)17-24-16-14(22)8-7-13(21)15(16)18(27)25(17)12-6-5-9-23-10-12/h5-11H,1-4H3,(H,28,29). The van der Waals surface area contributed by atoms with Crippen LogP contribution in [0.15, 0.2) is 45.9 Å². The maximum atomic E-state index is 14.5. The second-order valence-electron chi connectivity index (χ2n) is 7.57. The molecule has 0 saturated carbocycles. The molecule has 0 aliphatic rings. The van der Waals surface area contributed by atoms with Gasteiger partial charge in [0.25, 0.3) is 5.56 Å². The lowest BCUT2D eigenvalue weighted by Crippen LogP contribution is -2.47. The number of benzene rings is 1. The minimum absolute atomic E-state index is 0.0717. The number of aromatic nitrogens is 3. The largest absolute Gasteiger partial charge is 0.465 e. The molecule has 2 heterocycles. The maximum Gasteiger partial charge on any atom is 0.408 e. The van der Waals surface area contributed by atoms with Gasteiger partial charge in [0.1, 0.15) is 17.2 Å². The first kappa shape index (κ1) is 20.9. The Morgan fingerprint density at radius 3 is 2.55 bits per heavy atom. The van der Waals surface area contributed by atoms with Crippen molar-refractivity contribution in [2.45, 2.75) is 39.3 Å². The summed E-state index contributed by atoms with van der Waals surface area (Å²) in [5.41, 5.74) is -1.02. The molecule has 1 atom stereocenters. The summed E-state index contributed by atoms with van der Waals surface area (Å²) < 4.78 is 16.2. The lowest BCUT2D eigenvalue weighted by Gasteiger charge is -2.38. The topological polar surface area (TPSA) is 88.3 Å². The normalized spacial score (nSPS) is 12.8. The lowest BCUT2D eigenvalue weighted by atomic mass is 10.0. The van der Waals surface area contributed by atoms with Gasteiger partial charge < -0.3 is 5.11 Å². The molecule has 0 fully saturated rings. The number of halogens is 2. The summed E-state index contributed by atoms with van der Waals surface area (Å²) in [4.78, 5) is 35.0. The molecule has 0 saturated heterocycles. The second-order valence-corrected chi connectivity index (χ2v) is 8.43. The second kappa shape index (κ2) is 7.55. The highest BCUT2D eigenvalue weighted by atomic mass is 79.9. The van der Waals surface area contributed by atoms with Gasteiger partial charge in [-0.2, -0.15) is 0 Å². The molecule has 152 valence electrons. The summed E-state index contributed by atoms with van der Waals surface area (Å²) in [5, 5.41) is 9.87. The Morgan fingerprint density at radius 1 is 1.31 bits per heavy atom. The molecule has 0 aliphatic carbocycles. The summed E-state index contributed by atoms with van der Waals surface area (Å²) in [6.07, 6.45) is 1.85. The van der Waals surface area contributed by atoms with Gasteiger partial charge in [0, 0.05) is 16.2 Å². The Morgan fingerprint density at radius 2 is 2.00 bits per heavy atom. The van der Waals surface area contributed by atoms with Crippen molar-refractivity contribution < 1.29 is 14.3 Å². The van der Waals surface area contributed by atoms with E-state index in [4.69, 9.17) is 0 Å². The van der Waals surface area contributed by atoms with Crippen LogP contribution in [0.5, 0.6) is 0 Å². The third-order valence-corrected chi connectivity index (χ3v) is 5.20. The van der Waals surface area contributed by atoms with E-state index < -0.39 is 29.1 Å². The molecule has 9 heteroatoms. The number of carboxylic acid groups (broad SMARTS) is 1. The molecular weight excluding hydrogens is 443 g/mol. The van der Waals surface area contributed by atoms with Crippen molar-refractivity contribution in [2.75, 3.05) is 0 Å². The molecular formula is C20H20BrFN4O3. The summed E-state index contributed by atoms with van der Waals surface area (Å²) in [5.74, 6) is -0.561. The van der Waals surface area contributed by atoms with E-state index in [0.29, 0.717) is 10.2 Å². The van der Waals surface area contributed by atoms with Crippen LogP contribution in [0.3, 0.4) is 0 Å². The van der Waals surface area contributed by atoms with E-state index in [1.807, 2.05) is 0 Å². The van der Waals surface area contributed by atoms with Crippen LogP contribution in [0.4, 0.5) is 9.18 Å². The van der Waals surface area contributed by atoms with Gasteiger partial charge in [-0.05, 0) is 67.9 Å². The highest BCUT2D eigenvalue weighted by molar-refractivity contribution is 9.10. The number of hydrogen-bond acceptors (Lipinski definition) is 4. The smallest absolute Gasteiger partial charge is 0.408 e. The summed E-state index contributed by atoms with van der Waals surface area (Å²) in [6.45, 7) is 6.84. The van der Waals surface area contributed by atoms with Gasteiger partial charge in [-0.15, -0.1) is 0 Å². The maximum absolute atomic E-state index is 14.5. The van der Waals surface area contributed by atoms with E-state index in [0.717, 1.165) is 0 Å². The van der Waals surface area contributed by atoms with Crippen LogP contribution in [0.25, 0.3) is 16.6 Å². The van der Waals surface area contributed by atoms with Crippen molar-refractivity contribution in [1.82, 2.24) is 19.4 Å². The number of rotatable bonds is 3. The van der Waals surface area contributed by atoms with Crippen LogP contribution < -0.4 is 5.56 Å². The minimum atomic E-state index is -1.17. The molecule has 1 N–H and O–H groups in total. The summed E-state index contributed by atoms with van der Waals surface area (Å²) in [6, 6.07) is 5.12. The van der Waals surface area contributed by atoms with E-state index in [-0.39, 0.29) is 16.7 Å². The van der Waals surface area contributed by atoms with Crippen molar-refractivity contribution >= 4 is 32.9 Å². The van der Waals surface area contributed by atoms with Crippen molar-refractivity contribution in [2.24, 2.45) is 0 Å². The van der Waals surface area contributed by atoms with Crippen molar-refractivity contribution in [3.63, 3.8) is 0 Å². The quantitative estimate of drug-likeness (QED) is 0.617. The lowest BCUT2D eigenvalue weighted by molar-refractivity contribution is 0.0719. The van der Waals surface area contributed by atoms with Crippen LogP contribution in [-0.2, 0) is 0 Å². The zero-order chi connectivity index (χ0) is 21.5. The molecule has 3 aromatic rings. The first-order chi connectivity index (χ1) is 13.5. The molecule has 2 aromatic heterocycles. The third-order valence-electron chi connectivity index (χ3n) is 4.54. The Kier molecular flexibility index (Phi) is 5.44. The van der Waals surface area contributed by atoms with Crippen molar-refractivity contribution in [3.05, 3.63) is 63.1 Å². The molecule has 0 radical (unpaired) electrons. The fourth-order valence-electron chi connectivity index (χ4n) is 3.40. The Hall–Kier alpha value is -2.81. The highest BCUT2D eigenvalue weighted by Gasteiger charge is 2.35. The summed E-state index contributed by atoms with van der Waals surface area (Å²) >= 11 is 3.29. The number of amides is 1. The number of nitrogens with zero attached hydrogens (tertiary/aromatic N) is 4. The fraction of sp³-hybridized carbons (Fsp3) is 0.300. The number of fused-ring (bicyclic) bond motifs is 1. The predicted molar refractivity (Wildman–Crippen MR) is 111 cm³/mol. The molecule has 1 amide bonds. The fourth-order valence-corrected chi connectivity index (χ4v) is 3.89. The monoisotopic (exact) mass is 462 g/mol. The molecule has 0 aliphatic heterocycles. The number of pyridine rings is 1. The van der Waals surface area contributed by atoms with Crippen LogP contribution in [0, 0.1) is 5.82 Å². The van der Waals surface area contributed by atoms with E-state index in [1.165, 1.54) is 27.8 Å². The average Bonchev–Trinajstić information content (AvgIpc) is 2.63. The van der Waals surface area contributed by atoms with E-state index in [2.05, 4.69) is 25.9 Å². The third kappa shape index (κ3) is 3.74. The highest BCUT2D eigenvalue weighted by Crippen LogP contribution is 2.30. The van der Waals surface area contributed by atoms with Gasteiger partial charge in [-0.25, -0.2) is 14.2 Å². The van der Waals surface area contributed by atoms with Gasteiger partial charge in [-0.3, -0.25) is 19.2 Å². The van der Waals surface area contributed by atoms with Gasteiger partial charge in [0.05, 0.1) is 23.3 Å². The van der Waals surface area contributed by atoms with Gasteiger partial charge >= 0.3 is 6.09 Å². The van der Waals surface area contributed by atoms with Crippen molar-refractivity contribution in [1.29, 1.82) is 0 Å². The Bertz CT molecular complexity index is 1140. The Labute approximate surface area is 175 Å². The average molecular weight is 463 g/mol. The number of carbonyl (C=O) groups is 1. The van der Waals surface area contributed by atoms with Gasteiger partial charge in [0.2, 0.25) is 0 Å². The number of hydrogen-bond donors (Lipinski definition) is 1. The van der Waals surface area contributed by atoms with Crippen molar-refractivity contribution in [3.8, 4) is 5.69 Å². The first-order valence-electron chi connectivity index (χ1n) is 8.87. The molecule has 29 heavy (non-hydrogen) atoms. The summed E-state index contributed by atoms with van der Waals surface area (Å²) in [7, 11) is 0. The molecule has 3 rings (SSSR count). The molecule has 0 spiro atoms. The van der Waals surface area contributed by atoms with Gasteiger partial charge in [-0.1, -0.05) is 0 Å². The SMILES string of the molecule is CC(c1nc2c(F)ccc(Br)c2c(=O)n1-c1cccnc1)N(C(=O)O)C(C)(C)C. The minimum Gasteiger partial charge on any atom is -0.465 e. The Balaban J connectivity index is 2.43. The predicted octanol–water partition coefficient (Wildman–Crippen LogP) is 4.52. The van der Waals surface area contributed by atoms with Crippen LogP contribution in [0.1, 0.15) is 39.6 Å². The molecule has 0 bridgehead atoms. The van der Waals surface area contributed by atoms with Crippen LogP contribution in [0.2, 0.25) is 0 Å². The zero-order valence-corrected chi connectivity index (χ0v) is 17.9. The van der Waals surface area contributed by atoms with E-state index >= 15 is 0 Å². The molecule has 1 aromatic carbocycles. The van der Waals surface area contributed by atoms with Gasteiger partial charge in [0.15, 0.2) is 0 Å². The van der Waals surface area contributed by atoms with E-state index in [9.17, 15) is 19.1 Å². The van der Waals surface area contributed by atoms with Crippen LogP contribution >= 0.6 is 15.9 Å². The van der Waals surface area contributed by atoms with Crippen LogP contribution in [-0.4, -0.2) is 36.2 Å². The van der Waals surface area contributed by atoms with E-state index in [1.54, 1.807) is 46.0 Å². The molecule has 7 nitrogen and oxygen atoms in total. The zero-order valence-electron chi connectivity index (χ0n) is 16.3. The first-order valence-corrected chi connectivity index (χ1v) is 9.66.